The molecule has 2 aromatic carbocycles. The van der Waals surface area contributed by atoms with Gasteiger partial charge >= 0.3 is 0 Å². The highest BCUT2D eigenvalue weighted by molar-refractivity contribution is 5.83. The van der Waals surface area contributed by atoms with Crippen LogP contribution < -0.4 is 0 Å². The molecule has 1 unspecified atom stereocenters. The van der Waals surface area contributed by atoms with Crippen LogP contribution in [-0.4, -0.2) is 46.0 Å². The zero-order valence-electron chi connectivity index (χ0n) is 19.8. The van der Waals surface area contributed by atoms with Crippen LogP contribution in [-0.2, 0) is 24.3 Å². The third-order valence-electron chi connectivity index (χ3n) is 7.65. The maximum absolute atomic E-state index is 13.2. The van der Waals surface area contributed by atoms with E-state index in [4.69, 9.17) is 0 Å². The predicted octanol–water partition coefficient (Wildman–Crippen LogP) is 4.00. The fraction of sp³-hybridized carbons (Fsp3) is 0.483. The van der Waals surface area contributed by atoms with E-state index in [-0.39, 0.29) is 11.3 Å². The molecule has 4 nitrogen and oxygen atoms in total. The van der Waals surface area contributed by atoms with Gasteiger partial charge in [-0.25, -0.2) is 0 Å². The summed E-state index contributed by atoms with van der Waals surface area (Å²) in [7, 11) is 0. The molecule has 33 heavy (non-hydrogen) atoms. The number of carbonyl (C=O) groups excluding carboxylic acids is 1. The van der Waals surface area contributed by atoms with E-state index in [2.05, 4.69) is 58.0 Å². The minimum absolute atomic E-state index is 0.235. The molecule has 2 aromatic rings. The molecule has 172 valence electrons. The topological polar surface area (TPSA) is 43.8 Å². The summed E-state index contributed by atoms with van der Waals surface area (Å²) >= 11 is 0. The molecule has 0 bridgehead atoms. The largest absolute Gasteiger partial charge is 0.378 e. The predicted molar refractivity (Wildman–Crippen MR) is 130 cm³/mol. The number of carbonyl (C=O) groups is 1. The van der Waals surface area contributed by atoms with Crippen LogP contribution in [0.15, 0.2) is 48.5 Å². The number of likely N-dealkylation sites (tertiary alicyclic amines) is 1. The van der Waals surface area contributed by atoms with Gasteiger partial charge in [0.25, 0.3) is 0 Å². The summed E-state index contributed by atoms with van der Waals surface area (Å²) in [6.45, 7) is 8.10. The first kappa shape index (κ1) is 22.2. The Hall–Kier alpha value is -2.61. The lowest BCUT2D eigenvalue weighted by molar-refractivity contribution is -0.134. The summed E-state index contributed by atoms with van der Waals surface area (Å²) in [6, 6.07) is 16.9. The second-order valence-corrected chi connectivity index (χ2v) is 10.7. The van der Waals surface area contributed by atoms with Crippen molar-refractivity contribution in [1.82, 2.24) is 9.80 Å². The summed E-state index contributed by atoms with van der Waals surface area (Å²) in [5.41, 5.74) is 4.22. The molecule has 2 heterocycles. The Morgan fingerprint density at radius 1 is 1.06 bits per heavy atom. The van der Waals surface area contributed by atoms with Crippen LogP contribution in [0.3, 0.4) is 0 Å². The van der Waals surface area contributed by atoms with Gasteiger partial charge in [0.1, 0.15) is 5.60 Å². The molecule has 5 rings (SSSR count). The standard InChI is InChI=1S/C29H34N2O2/c1-28(2,33)13-11-22-7-9-23(10-8-22)20-30-17-14-29(15-18-30)19-26(29)27(32)31-16-12-24-5-3-4-6-25(24)21-31/h3-10,26,33H,12,14-21H2,1-2H3. The molecule has 1 spiro atoms. The van der Waals surface area contributed by atoms with Crippen LogP contribution in [0.2, 0.25) is 0 Å². The van der Waals surface area contributed by atoms with Crippen molar-refractivity contribution in [2.24, 2.45) is 11.3 Å². The van der Waals surface area contributed by atoms with Gasteiger partial charge in [-0.3, -0.25) is 9.69 Å². The van der Waals surface area contributed by atoms with Crippen molar-refractivity contribution in [3.05, 3.63) is 70.8 Å². The van der Waals surface area contributed by atoms with Crippen molar-refractivity contribution in [3.8, 4) is 11.8 Å². The van der Waals surface area contributed by atoms with E-state index in [0.717, 1.165) is 64.0 Å². The van der Waals surface area contributed by atoms with Crippen molar-refractivity contribution in [2.45, 2.75) is 58.2 Å². The van der Waals surface area contributed by atoms with E-state index >= 15 is 0 Å². The fourth-order valence-corrected chi connectivity index (χ4v) is 5.49. The molecule has 1 saturated heterocycles. The quantitative estimate of drug-likeness (QED) is 0.731. The number of aliphatic hydroxyl groups is 1. The summed E-state index contributed by atoms with van der Waals surface area (Å²) in [5, 5.41) is 9.76. The van der Waals surface area contributed by atoms with Crippen molar-refractivity contribution in [2.75, 3.05) is 19.6 Å². The summed E-state index contributed by atoms with van der Waals surface area (Å²) in [4.78, 5) is 17.9. The molecule has 1 amide bonds. The number of benzene rings is 2. The van der Waals surface area contributed by atoms with E-state index in [1.165, 1.54) is 16.7 Å². The Morgan fingerprint density at radius 3 is 2.45 bits per heavy atom. The Morgan fingerprint density at radius 2 is 1.76 bits per heavy atom. The van der Waals surface area contributed by atoms with Gasteiger partial charge in [-0.1, -0.05) is 48.2 Å². The van der Waals surface area contributed by atoms with Crippen LogP contribution in [0.25, 0.3) is 0 Å². The summed E-state index contributed by atoms with van der Waals surface area (Å²) in [5.74, 6) is 6.52. The molecular formula is C29H34N2O2. The minimum Gasteiger partial charge on any atom is -0.378 e. The normalized spacial score (nSPS) is 21.8. The first-order chi connectivity index (χ1) is 15.8. The highest BCUT2D eigenvalue weighted by atomic mass is 16.3. The van der Waals surface area contributed by atoms with Crippen molar-refractivity contribution >= 4 is 5.91 Å². The van der Waals surface area contributed by atoms with Crippen molar-refractivity contribution in [3.63, 3.8) is 0 Å². The highest BCUT2D eigenvalue weighted by Crippen LogP contribution is 2.60. The Bertz CT molecular complexity index is 1080. The number of rotatable bonds is 3. The monoisotopic (exact) mass is 442 g/mol. The molecule has 3 aliphatic rings. The molecule has 2 fully saturated rings. The molecule has 1 N–H and O–H groups in total. The van der Waals surface area contributed by atoms with Crippen molar-refractivity contribution < 1.29 is 9.90 Å². The number of fused-ring (bicyclic) bond motifs is 1. The van der Waals surface area contributed by atoms with Gasteiger partial charge in [-0.05, 0) is 86.9 Å². The number of piperidine rings is 1. The molecule has 1 saturated carbocycles. The lowest BCUT2D eigenvalue weighted by atomic mass is 9.90. The second kappa shape index (κ2) is 8.63. The average molecular weight is 443 g/mol. The maximum atomic E-state index is 13.2. The van der Waals surface area contributed by atoms with Crippen LogP contribution in [0.4, 0.5) is 0 Å². The first-order valence-corrected chi connectivity index (χ1v) is 12.2. The zero-order valence-corrected chi connectivity index (χ0v) is 19.8. The van der Waals surface area contributed by atoms with Crippen LogP contribution in [0.1, 0.15) is 55.4 Å². The van der Waals surface area contributed by atoms with Gasteiger partial charge < -0.3 is 10.0 Å². The van der Waals surface area contributed by atoms with Gasteiger partial charge in [0.15, 0.2) is 0 Å². The smallest absolute Gasteiger partial charge is 0.226 e. The SMILES string of the molecule is CC(C)(O)C#Cc1ccc(CN2CCC3(CC2)CC3C(=O)N2CCc3ccccc3C2)cc1. The highest BCUT2D eigenvalue weighted by Gasteiger charge is 2.59. The Balaban J connectivity index is 1.12. The average Bonchev–Trinajstić information content (AvgIpc) is 3.52. The van der Waals surface area contributed by atoms with Crippen LogP contribution in [0.5, 0.6) is 0 Å². The van der Waals surface area contributed by atoms with E-state index < -0.39 is 5.60 Å². The van der Waals surface area contributed by atoms with E-state index in [9.17, 15) is 9.90 Å². The molecule has 1 aliphatic carbocycles. The van der Waals surface area contributed by atoms with Crippen LogP contribution in [0, 0.1) is 23.2 Å². The van der Waals surface area contributed by atoms with Gasteiger partial charge in [0, 0.05) is 31.1 Å². The maximum Gasteiger partial charge on any atom is 0.226 e. The minimum atomic E-state index is -0.969. The third-order valence-corrected chi connectivity index (χ3v) is 7.65. The molecule has 4 heteroatoms. The fourth-order valence-electron chi connectivity index (χ4n) is 5.49. The molecular weight excluding hydrogens is 408 g/mol. The van der Waals surface area contributed by atoms with Gasteiger partial charge in [-0.15, -0.1) is 0 Å². The lowest BCUT2D eigenvalue weighted by Crippen LogP contribution is -2.40. The molecule has 0 aromatic heterocycles. The number of nitrogens with zero attached hydrogens (tertiary/aromatic N) is 2. The van der Waals surface area contributed by atoms with E-state index in [0.29, 0.717) is 5.91 Å². The third kappa shape index (κ3) is 5.00. The zero-order chi connectivity index (χ0) is 23.1. The van der Waals surface area contributed by atoms with Gasteiger partial charge in [-0.2, -0.15) is 0 Å². The molecule has 1 atom stereocenters. The van der Waals surface area contributed by atoms with Gasteiger partial charge in [0.05, 0.1) is 0 Å². The van der Waals surface area contributed by atoms with Gasteiger partial charge in [0.2, 0.25) is 5.91 Å². The molecule has 2 aliphatic heterocycles. The number of hydrogen-bond acceptors (Lipinski definition) is 3. The number of hydrogen-bond donors (Lipinski definition) is 1. The summed E-state index contributed by atoms with van der Waals surface area (Å²) in [6.07, 6.45) is 4.32. The first-order valence-electron chi connectivity index (χ1n) is 12.2. The van der Waals surface area contributed by atoms with E-state index in [1.54, 1.807) is 13.8 Å². The number of amides is 1. The van der Waals surface area contributed by atoms with E-state index in [1.807, 2.05) is 12.1 Å². The lowest BCUT2D eigenvalue weighted by Gasteiger charge is -2.34. The Labute approximate surface area is 197 Å². The van der Waals surface area contributed by atoms with Crippen LogP contribution >= 0.6 is 0 Å². The Kier molecular flexibility index (Phi) is 5.80. The summed E-state index contributed by atoms with van der Waals surface area (Å²) < 4.78 is 0. The molecule has 0 radical (unpaired) electrons. The van der Waals surface area contributed by atoms with Crippen molar-refractivity contribution in [1.29, 1.82) is 0 Å². The second-order valence-electron chi connectivity index (χ2n) is 10.7.